The highest BCUT2D eigenvalue weighted by Crippen LogP contribution is 2.15. The first-order valence-electron chi connectivity index (χ1n) is 8.10. The molecular weight excluding hydrogens is 376 g/mol. The molecule has 8 heteroatoms. The van der Waals surface area contributed by atoms with Gasteiger partial charge in [-0.15, -0.1) is 0 Å². The minimum Gasteiger partial charge on any atom is -0.481 e. The number of benzene rings is 2. The highest BCUT2D eigenvalue weighted by atomic mass is 32.2. The van der Waals surface area contributed by atoms with Crippen LogP contribution in [0.15, 0.2) is 42.5 Å². The van der Waals surface area contributed by atoms with Crippen LogP contribution in [0.5, 0.6) is 0 Å². The number of rotatable bonds is 8. The number of hydrogen-bond acceptors (Lipinski definition) is 3. The van der Waals surface area contributed by atoms with E-state index in [0.29, 0.717) is 22.4 Å². The van der Waals surface area contributed by atoms with Crippen molar-refractivity contribution in [2.24, 2.45) is 0 Å². The summed E-state index contributed by atoms with van der Waals surface area (Å²) < 4.78 is 37.9. The molecule has 2 aromatic rings. The van der Waals surface area contributed by atoms with Gasteiger partial charge in [-0.25, -0.2) is 8.78 Å². The van der Waals surface area contributed by atoms with E-state index >= 15 is 0 Å². The van der Waals surface area contributed by atoms with Crippen molar-refractivity contribution in [1.29, 1.82) is 0 Å². The molecule has 0 bridgehead atoms. The monoisotopic (exact) mass is 395 g/mol. The van der Waals surface area contributed by atoms with Crippen LogP contribution in [0.2, 0.25) is 0 Å². The Balaban J connectivity index is 2.26. The van der Waals surface area contributed by atoms with E-state index in [2.05, 4.69) is 0 Å². The summed E-state index contributed by atoms with van der Waals surface area (Å²) in [5.74, 6) is -3.26. The summed E-state index contributed by atoms with van der Waals surface area (Å²) in [5.41, 5.74) is 1.37. The maximum atomic E-state index is 13.4. The van der Waals surface area contributed by atoms with Gasteiger partial charge < -0.3 is 10.0 Å². The van der Waals surface area contributed by atoms with E-state index in [9.17, 15) is 22.6 Å². The molecule has 2 aromatic carbocycles. The standard InChI is InChI=1S/C19H19F2NO4S/c1-27(26)12-14-3-2-4-15(9-14)19(25)22(8-7-18(23)24)11-13-5-6-16(20)17(21)10-13/h2-6,9-10H,7-8,11-12H2,1H3,(H,23,24). The Morgan fingerprint density at radius 1 is 1.07 bits per heavy atom. The molecular formula is C19H19F2NO4S. The van der Waals surface area contributed by atoms with Gasteiger partial charge in [0.1, 0.15) is 0 Å². The van der Waals surface area contributed by atoms with Gasteiger partial charge in [0.2, 0.25) is 0 Å². The van der Waals surface area contributed by atoms with Crippen LogP contribution in [0.3, 0.4) is 0 Å². The van der Waals surface area contributed by atoms with Gasteiger partial charge in [0.25, 0.3) is 5.91 Å². The average Bonchev–Trinajstić information content (AvgIpc) is 2.60. The number of hydrogen-bond donors (Lipinski definition) is 1. The zero-order valence-electron chi connectivity index (χ0n) is 14.7. The van der Waals surface area contributed by atoms with Gasteiger partial charge in [0, 0.05) is 41.5 Å². The fourth-order valence-electron chi connectivity index (χ4n) is 2.55. The molecule has 5 nitrogen and oxygen atoms in total. The van der Waals surface area contributed by atoms with Gasteiger partial charge in [-0.05, 0) is 35.4 Å². The number of nitrogens with zero attached hydrogens (tertiary/aromatic N) is 1. The molecule has 27 heavy (non-hydrogen) atoms. The van der Waals surface area contributed by atoms with Gasteiger partial charge >= 0.3 is 5.97 Å². The Morgan fingerprint density at radius 2 is 1.81 bits per heavy atom. The van der Waals surface area contributed by atoms with Gasteiger partial charge in [0.15, 0.2) is 11.6 Å². The van der Waals surface area contributed by atoms with Crippen molar-refractivity contribution in [2.75, 3.05) is 12.8 Å². The summed E-state index contributed by atoms with van der Waals surface area (Å²) in [4.78, 5) is 25.0. The molecule has 2 rings (SSSR count). The lowest BCUT2D eigenvalue weighted by atomic mass is 10.1. The Kier molecular flexibility index (Phi) is 7.18. The maximum absolute atomic E-state index is 13.4. The van der Waals surface area contributed by atoms with Gasteiger partial charge in [-0.2, -0.15) is 0 Å². The summed E-state index contributed by atoms with van der Waals surface area (Å²) in [6, 6.07) is 9.86. The summed E-state index contributed by atoms with van der Waals surface area (Å²) in [7, 11) is -1.07. The molecule has 0 aliphatic rings. The zero-order chi connectivity index (χ0) is 20.0. The molecule has 0 saturated heterocycles. The van der Waals surface area contributed by atoms with Crippen LogP contribution in [0.25, 0.3) is 0 Å². The Bertz CT molecular complexity index is 873. The average molecular weight is 395 g/mol. The van der Waals surface area contributed by atoms with E-state index in [1.165, 1.54) is 11.0 Å². The van der Waals surface area contributed by atoms with Gasteiger partial charge in [0.05, 0.1) is 6.42 Å². The number of carboxylic acids is 1. The third-order valence-corrected chi connectivity index (χ3v) is 4.52. The van der Waals surface area contributed by atoms with Crippen LogP contribution in [0.1, 0.15) is 27.9 Å². The highest BCUT2D eigenvalue weighted by molar-refractivity contribution is 7.83. The number of carbonyl (C=O) groups is 2. The molecule has 0 aromatic heterocycles. The molecule has 0 aliphatic heterocycles. The van der Waals surface area contributed by atoms with E-state index in [1.807, 2.05) is 0 Å². The minimum absolute atomic E-state index is 0.0623. The smallest absolute Gasteiger partial charge is 0.305 e. The molecule has 0 saturated carbocycles. The molecule has 0 aliphatic carbocycles. The van der Waals surface area contributed by atoms with Gasteiger partial charge in [-0.3, -0.25) is 13.8 Å². The van der Waals surface area contributed by atoms with Crippen LogP contribution >= 0.6 is 0 Å². The summed E-state index contributed by atoms with van der Waals surface area (Å²) >= 11 is 0. The molecule has 1 amide bonds. The van der Waals surface area contributed by atoms with E-state index in [-0.39, 0.29) is 19.5 Å². The molecule has 1 unspecified atom stereocenters. The maximum Gasteiger partial charge on any atom is 0.305 e. The van der Waals surface area contributed by atoms with Crippen LogP contribution in [-0.4, -0.2) is 38.9 Å². The van der Waals surface area contributed by atoms with E-state index in [1.54, 1.807) is 30.5 Å². The predicted octanol–water partition coefficient (Wildman–Crippen LogP) is 2.96. The minimum atomic E-state index is -1.08. The second-order valence-corrected chi connectivity index (χ2v) is 7.47. The third-order valence-electron chi connectivity index (χ3n) is 3.78. The first-order chi connectivity index (χ1) is 12.8. The Labute approximate surface area is 158 Å². The lowest BCUT2D eigenvalue weighted by Crippen LogP contribution is -2.32. The molecule has 0 spiro atoms. The molecule has 1 atom stereocenters. The van der Waals surface area contributed by atoms with Crippen molar-refractivity contribution in [1.82, 2.24) is 4.90 Å². The fraction of sp³-hybridized carbons (Fsp3) is 0.263. The first-order valence-corrected chi connectivity index (χ1v) is 9.83. The van der Waals surface area contributed by atoms with Crippen molar-refractivity contribution in [3.63, 3.8) is 0 Å². The lowest BCUT2D eigenvalue weighted by molar-refractivity contribution is -0.137. The predicted molar refractivity (Wildman–Crippen MR) is 97.6 cm³/mol. The van der Waals surface area contributed by atoms with Crippen molar-refractivity contribution in [3.8, 4) is 0 Å². The Hall–Kier alpha value is -2.61. The molecule has 1 N–H and O–H groups in total. The molecule has 0 fully saturated rings. The third kappa shape index (κ3) is 6.25. The normalized spacial score (nSPS) is 11.8. The van der Waals surface area contributed by atoms with Gasteiger partial charge in [-0.1, -0.05) is 18.2 Å². The fourth-order valence-corrected chi connectivity index (χ4v) is 3.20. The molecule has 0 heterocycles. The summed E-state index contributed by atoms with van der Waals surface area (Å²) in [5, 5.41) is 8.92. The quantitative estimate of drug-likeness (QED) is 0.746. The number of aliphatic carboxylic acids is 1. The zero-order valence-corrected chi connectivity index (χ0v) is 15.5. The summed E-state index contributed by atoms with van der Waals surface area (Å²) in [6.45, 7) is -0.148. The largest absolute Gasteiger partial charge is 0.481 e. The first kappa shape index (κ1) is 20.7. The van der Waals surface area contributed by atoms with Crippen LogP contribution < -0.4 is 0 Å². The van der Waals surface area contributed by atoms with E-state index < -0.39 is 34.3 Å². The van der Waals surface area contributed by atoms with Crippen molar-refractivity contribution < 1.29 is 27.7 Å². The number of carboxylic acid groups (broad SMARTS) is 1. The second kappa shape index (κ2) is 9.36. The van der Waals surface area contributed by atoms with E-state index in [0.717, 1.165) is 12.1 Å². The number of carbonyl (C=O) groups excluding carboxylic acids is 1. The van der Waals surface area contributed by atoms with E-state index in [4.69, 9.17) is 5.11 Å². The number of halogens is 2. The highest BCUT2D eigenvalue weighted by Gasteiger charge is 2.18. The second-order valence-electron chi connectivity index (χ2n) is 6.04. The SMILES string of the molecule is CS(=O)Cc1cccc(C(=O)N(CCC(=O)O)Cc2ccc(F)c(F)c2)c1. The van der Waals surface area contributed by atoms with Crippen molar-refractivity contribution in [3.05, 3.63) is 70.8 Å². The molecule has 0 radical (unpaired) electrons. The van der Waals surface area contributed by atoms with Crippen molar-refractivity contribution in [2.45, 2.75) is 18.7 Å². The van der Waals surface area contributed by atoms with Crippen LogP contribution in [0, 0.1) is 11.6 Å². The lowest BCUT2D eigenvalue weighted by Gasteiger charge is -2.22. The number of amides is 1. The van der Waals surface area contributed by atoms with Crippen molar-refractivity contribution >= 4 is 22.7 Å². The molecule has 144 valence electrons. The van der Waals surface area contributed by atoms with Crippen LogP contribution in [0.4, 0.5) is 8.78 Å². The van der Waals surface area contributed by atoms with Crippen LogP contribution in [-0.2, 0) is 27.9 Å². The topological polar surface area (TPSA) is 74.7 Å². The summed E-state index contributed by atoms with van der Waals surface area (Å²) in [6.07, 6.45) is 1.27. The Morgan fingerprint density at radius 3 is 2.44 bits per heavy atom.